The highest BCUT2D eigenvalue weighted by atomic mass is 16.2. The van der Waals surface area contributed by atoms with Crippen molar-refractivity contribution in [3.8, 4) is 6.07 Å². The predicted molar refractivity (Wildman–Crippen MR) is 74.0 cm³/mol. The largest absolute Gasteiger partial charge is 0.356 e. The Morgan fingerprint density at radius 1 is 1.55 bits per heavy atom. The van der Waals surface area contributed by atoms with Crippen LogP contribution in [0.2, 0.25) is 0 Å². The van der Waals surface area contributed by atoms with Crippen LogP contribution in [0.5, 0.6) is 0 Å². The Hall–Kier alpha value is -2.48. The van der Waals surface area contributed by atoms with E-state index in [2.05, 4.69) is 28.7 Å². The Bertz CT molecular complexity index is 676. The number of nitrogens with zero attached hydrogens (tertiary/aromatic N) is 3. The second-order valence-corrected chi connectivity index (χ2v) is 4.96. The predicted octanol–water partition coefficient (Wildman–Crippen LogP) is 2.29. The van der Waals surface area contributed by atoms with E-state index in [4.69, 9.17) is 5.26 Å². The zero-order chi connectivity index (χ0) is 14.1. The maximum atomic E-state index is 12.6. The van der Waals surface area contributed by atoms with E-state index in [1.165, 1.54) is 5.69 Å². The molecule has 1 N–H and O–H groups in total. The van der Waals surface area contributed by atoms with Crippen LogP contribution in [0.15, 0.2) is 30.6 Å². The highest BCUT2D eigenvalue weighted by molar-refractivity contribution is 5.93. The number of amides is 1. The molecule has 5 heteroatoms. The fourth-order valence-corrected chi connectivity index (χ4v) is 2.87. The molecule has 20 heavy (non-hydrogen) atoms. The average molecular weight is 268 g/mol. The van der Waals surface area contributed by atoms with E-state index >= 15 is 0 Å². The zero-order valence-corrected chi connectivity index (χ0v) is 11.3. The summed E-state index contributed by atoms with van der Waals surface area (Å²) in [4.78, 5) is 17.4. The fraction of sp³-hybridized carbons (Fsp3) is 0.333. The van der Waals surface area contributed by atoms with Gasteiger partial charge in [-0.2, -0.15) is 5.26 Å². The molecule has 1 unspecified atom stereocenters. The third-order valence-corrected chi connectivity index (χ3v) is 3.85. The molecule has 1 atom stereocenters. The highest BCUT2D eigenvalue weighted by Crippen LogP contribution is 2.29. The van der Waals surface area contributed by atoms with Gasteiger partial charge in [-0.15, -0.1) is 0 Å². The molecule has 3 heterocycles. The van der Waals surface area contributed by atoms with Crippen LogP contribution in [0, 0.1) is 11.3 Å². The second-order valence-electron chi connectivity index (χ2n) is 4.96. The van der Waals surface area contributed by atoms with Crippen LogP contribution in [-0.2, 0) is 6.54 Å². The molecular weight excluding hydrogens is 252 g/mol. The molecule has 0 aliphatic carbocycles. The van der Waals surface area contributed by atoms with Gasteiger partial charge >= 0.3 is 0 Å². The molecule has 2 aromatic heterocycles. The number of carbonyl (C=O) groups excluding carboxylic acids is 1. The normalized spacial score (nSPS) is 17.6. The lowest BCUT2D eigenvalue weighted by Crippen LogP contribution is -2.41. The molecule has 1 aliphatic rings. The molecule has 1 amide bonds. The van der Waals surface area contributed by atoms with Gasteiger partial charge in [0.05, 0.1) is 11.6 Å². The van der Waals surface area contributed by atoms with Gasteiger partial charge in [0.25, 0.3) is 5.91 Å². The molecule has 5 nitrogen and oxygen atoms in total. The number of H-pyrrole nitrogens is 1. The van der Waals surface area contributed by atoms with Crippen molar-refractivity contribution in [2.24, 2.45) is 0 Å². The third kappa shape index (κ3) is 1.90. The lowest BCUT2D eigenvalue weighted by molar-refractivity contribution is 0.0612. The van der Waals surface area contributed by atoms with Crippen LogP contribution in [-0.4, -0.2) is 26.9 Å². The van der Waals surface area contributed by atoms with Gasteiger partial charge in [-0.25, -0.2) is 0 Å². The van der Waals surface area contributed by atoms with E-state index < -0.39 is 0 Å². The van der Waals surface area contributed by atoms with Gasteiger partial charge in [0.2, 0.25) is 0 Å². The van der Waals surface area contributed by atoms with E-state index in [1.54, 1.807) is 12.3 Å². The summed E-state index contributed by atoms with van der Waals surface area (Å²) in [6, 6.07) is 7.84. The summed E-state index contributed by atoms with van der Waals surface area (Å²) in [6.07, 6.45) is 4.50. The first kappa shape index (κ1) is 12.5. The fourth-order valence-electron chi connectivity index (χ4n) is 2.87. The van der Waals surface area contributed by atoms with Gasteiger partial charge in [0.1, 0.15) is 11.8 Å². The number of nitrogens with one attached hydrogen (secondary N) is 1. The third-order valence-electron chi connectivity index (χ3n) is 3.85. The Labute approximate surface area is 117 Å². The van der Waals surface area contributed by atoms with Crippen LogP contribution in [0.4, 0.5) is 0 Å². The van der Waals surface area contributed by atoms with E-state index in [9.17, 15) is 4.79 Å². The summed E-state index contributed by atoms with van der Waals surface area (Å²) in [5.41, 5.74) is 2.15. The maximum absolute atomic E-state index is 12.6. The molecule has 0 saturated heterocycles. The molecule has 102 valence electrons. The summed E-state index contributed by atoms with van der Waals surface area (Å²) in [5.74, 6) is -0.0363. The summed E-state index contributed by atoms with van der Waals surface area (Å²) in [6.45, 7) is 3.60. The number of aromatic amines is 1. The lowest BCUT2D eigenvalue weighted by Gasteiger charge is -2.36. The van der Waals surface area contributed by atoms with E-state index in [0.717, 1.165) is 13.0 Å². The van der Waals surface area contributed by atoms with Crippen molar-refractivity contribution in [2.45, 2.75) is 25.9 Å². The SMILES string of the molecule is CCC1c2cccn2CCN1C(=O)c1cc(C#N)c[nH]1. The van der Waals surface area contributed by atoms with E-state index in [-0.39, 0.29) is 11.9 Å². The number of hydrogen-bond donors (Lipinski definition) is 1. The van der Waals surface area contributed by atoms with Crippen molar-refractivity contribution in [2.75, 3.05) is 6.54 Å². The van der Waals surface area contributed by atoms with Crippen molar-refractivity contribution in [1.29, 1.82) is 5.26 Å². The summed E-state index contributed by atoms with van der Waals surface area (Å²) in [7, 11) is 0. The second kappa shape index (κ2) is 4.89. The van der Waals surface area contributed by atoms with Crippen LogP contribution in [0.25, 0.3) is 0 Å². The van der Waals surface area contributed by atoms with Gasteiger partial charge in [0.15, 0.2) is 0 Å². The zero-order valence-electron chi connectivity index (χ0n) is 11.3. The molecule has 0 saturated carbocycles. The van der Waals surface area contributed by atoms with Gasteiger partial charge in [-0.3, -0.25) is 4.79 Å². The van der Waals surface area contributed by atoms with Crippen molar-refractivity contribution >= 4 is 5.91 Å². The molecule has 0 radical (unpaired) electrons. The molecule has 0 fully saturated rings. The van der Waals surface area contributed by atoms with E-state index in [1.807, 2.05) is 17.0 Å². The minimum Gasteiger partial charge on any atom is -0.356 e. The lowest BCUT2D eigenvalue weighted by atomic mass is 10.1. The van der Waals surface area contributed by atoms with Gasteiger partial charge in [-0.05, 0) is 24.6 Å². The van der Waals surface area contributed by atoms with Crippen molar-refractivity contribution < 1.29 is 4.79 Å². The van der Waals surface area contributed by atoms with Crippen molar-refractivity contribution in [3.05, 3.63) is 47.5 Å². The molecule has 0 bridgehead atoms. The van der Waals surface area contributed by atoms with Gasteiger partial charge in [0, 0.05) is 31.2 Å². The van der Waals surface area contributed by atoms with Crippen LogP contribution in [0.3, 0.4) is 0 Å². The average Bonchev–Trinajstić information content (AvgIpc) is 3.13. The summed E-state index contributed by atoms with van der Waals surface area (Å²) in [5, 5.41) is 8.85. The van der Waals surface area contributed by atoms with E-state index in [0.29, 0.717) is 17.8 Å². The van der Waals surface area contributed by atoms with Crippen LogP contribution in [0.1, 0.15) is 41.1 Å². The number of nitriles is 1. The first-order valence-electron chi connectivity index (χ1n) is 6.79. The quantitative estimate of drug-likeness (QED) is 0.908. The molecule has 0 aromatic carbocycles. The Kier molecular flexibility index (Phi) is 3.07. The minimum atomic E-state index is -0.0363. The maximum Gasteiger partial charge on any atom is 0.270 e. The van der Waals surface area contributed by atoms with Gasteiger partial charge in [-0.1, -0.05) is 6.92 Å². The van der Waals surface area contributed by atoms with Gasteiger partial charge < -0.3 is 14.5 Å². The number of hydrogen-bond acceptors (Lipinski definition) is 2. The first-order valence-corrected chi connectivity index (χ1v) is 6.79. The number of fused-ring (bicyclic) bond motifs is 1. The van der Waals surface area contributed by atoms with Crippen LogP contribution >= 0.6 is 0 Å². The van der Waals surface area contributed by atoms with Crippen molar-refractivity contribution in [3.63, 3.8) is 0 Å². The smallest absolute Gasteiger partial charge is 0.270 e. The standard InChI is InChI=1S/C15H16N4O/c1-2-13-14-4-3-5-18(14)6-7-19(13)15(20)12-8-11(9-16)10-17-12/h3-5,8,10,13,17H,2,6-7H2,1H3. The Morgan fingerprint density at radius 3 is 3.10 bits per heavy atom. The summed E-state index contributed by atoms with van der Waals surface area (Å²) < 4.78 is 2.20. The number of aromatic nitrogens is 2. The minimum absolute atomic E-state index is 0.0363. The molecular formula is C15H16N4O. The molecule has 1 aliphatic heterocycles. The summed E-state index contributed by atoms with van der Waals surface area (Å²) >= 11 is 0. The number of rotatable bonds is 2. The number of carbonyl (C=O) groups is 1. The van der Waals surface area contributed by atoms with Crippen LogP contribution < -0.4 is 0 Å². The molecule has 0 spiro atoms. The molecule has 2 aromatic rings. The topological polar surface area (TPSA) is 64.8 Å². The monoisotopic (exact) mass is 268 g/mol. The first-order chi connectivity index (χ1) is 9.74. The Morgan fingerprint density at radius 2 is 2.40 bits per heavy atom. The highest BCUT2D eigenvalue weighted by Gasteiger charge is 2.30. The molecule has 3 rings (SSSR count). The van der Waals surface area contributed by atoms with Crippen molar-refractivity contribution in [1.82, 2.24) is 14.5 Å². The Balaban J connectivity index is 1.90.